The predicted octanol–water partition coefficient (Wildman–Crippen LogP) is 1.46. The monoisotopic (exact) mass is 433 g/mol. The molecule has 10 nitrogen and oxygen atoms in total. The Morgan fingerprint density at radius 1 is 1.30 bits per heavy atom. The van der Waals surface area contributed by atoms with E-state index < -0.39 is 17.3 Å². The Kier molecular flexibility index (Phi) is 6.93. The van der Waals surface area contributed by atoms with Crippen LogP contribution in [0.5, 0.6) is 5.75 Å². The van der Waals surface area contributed by atoms with E-state index in [0.717, 1.165) is 11.4 Å². The number of hydrogen-bond donors (Lipinski definition) is 2. The number of nitrogens with one attached hydrogen (secondary N) is 2. The average molecular weight is 433 g/mol. The Labute approximate surface area is 177 Å². The lowest BCUT2D eigenvalue weighted by Gasteiger charge is -2.23. The number of hydrogen-bond acceptors (Lipinski definition) is 8. The molecule has 1 aliphatic heterocycles. The molecule has 2 unspecified atom stereocenters. The fourth-order valence-corrected chi connectivity index (χ4v) is 3.93. The van der Waals surface area contributed by atoms with Crippen LogP contribution in [0.1, 0.15) is 26.1 Å². The summed E-state index contributed by atoms with van der Waals surface area (Å²) in [6, 6.07) is 6.44. The predicted molar refractivity (Wildman–Crippen MR) is 109 cm³/mol. The van der Waals surface area contributed by atoms with Gasteiger partial charge in [0.15, 0.2) is 5.16 Å². The highest BCUT2D eigenvalue weighted by atomic mass is 32.2. The summed E-state index contributed by atoms with van der Waals surface area (Å²) < 4.78 is 12.1. The number of amides is 3. The number of carbonyl (C=O) groups is 3. The summed E-state index contributed by atoms with van der Waals surface area (Å²) in [5.41, 5.74) is 0.768. The van der Waals surface area contributed by atoms with Crippen molar-refractivity contribution in [2.75, 3.05) is 13.7 Å². The molecule has 0 aliphatic carbocycles. The molecule has 1 aromatic heterocycles. The number of urea groups is 1. The van der Waals surface area contributed by atoms with Crippen molar-refractivity contribution in [2.45, 2.75) is 43.1 Å². The Morgan fingerprint density at radius 3 is 2.67 bits per heavy atom. The minimum Gasteiger partial charge on any atom is -0.494 e. The van der Waals surface area contributed by atoms with Crippen LogP contribution < -0.4 is 15.4 Å². The summed E-state index contributed by atoms with van der Waals surface area (Å²) in [6.07, 6.45) is 0.440. The summed E-state index contributed by atoms with van der Waals surface area (Å²) in [5, 5.41) is 13.4. The van der Waals surface area contributed by atoms with E-state index in [9.17, 15) is 14.4 Å². The molecule has 2 heterocycles. The van der Waals surface area contributed by atoms with E-state index in [1.807, 2.05) is 31.2 Å². The van der Waals surface area contributed by atoms with E-state index in [-0.39, 0.29) is 18.3 Å². The third-order valence-corrected chi connectivity index (χ3v) is 5.39. The number of esters is 1. The maximum absolute atomic E-state index is 11.9. The molecule has 0 radical (unpaired) electrons. The summed E-state index contributed by atoms with van der Waals surface area (Å²) >= 11 is 1.21. The van der Waals surface area contributed by atoms with Crippen molar-refractivity contribution in [3.63, 3.8) is 0 Å². The van der Waals surface area contributed by atoms with Crippen molar-refractivity contribution in [1.82, 2.24) is 25.4 Å². The average Bonchev–Trinajstić information content (AvgIpc) is 3.09. The zero-order valence-corrected chi connectivity index (χ0v) is 17.7. The molecule has 1 saturated heterocycles. The zero-order chi connectivity index (χ0) is 21.7. The first-order valence-corrected chi connectivity index (χ1v) is 10.3. The van der Waals surface area contributed by atoms with E-state index >= 15 is 0 Å². The van der Waals surface area contributed by atoms with Crippen LogP contribution in [-0.4, -0.2) is 57.7 Å². The van der Waals surface area contributed by atoms with E-state index in [1.165, 1.54) is 18.9 Å². The molecule has 1 aliphatic rings. The third kappa shape index (κ3) is 5.09. The molecule has 0 bridgehead atoms. The minimum absolute atomic E-state index is 0.142. The van der Waals surface area contributed by atoms with E-state index in [1.54, 1.807) is 11.5 Å². The van der Waals surface area contributed by atoms with Crippen LogP contribution in [0.2, 0.25) is 0 Å². The lowest BCUT2D eigenvalue weighted by Crippen LogP contribution is -2.53. The number of benzene rings is 1. The van der Waals surface area contributed by atoms with Gasteiger partial charge in [0.2, 0.25) is 5.91 Å². The molecule has 0 saturated carbocycles. The van der Waals surface area contributed by atoms with Crippen molar-refractivity contribution in [2.24, 2.45) is 0 Å². The van der Waals surface area contributed by atoms with Gasteiger partial charge in [-0.2, -0.15) is 0 Å². The molecule has 2 N–H and O–H groups in total. The molecule has 2 atom stereocenters. The second-order valence-corrected chi connectivity index (χ2v) is 7.88. The number of imide groups is 1. The lowest BCUT2D eigenvalue weighted by molar-refractivity contribution is -0.139. The Hall–Kier alpha value is -3.08. The van der Waals surface area contributed by atoms with Gasteiger partial charge < -0.3 is 14.8 Å². The number of thioether (sulfide) groups is 1. The summed E-state index contributed by atoms with van der Waals surface area (Å²) in [4.78, 5) is 35.2. The zero-order valence-electron chi connectivity index (χ0n) is 16.9. The summed E-state index contributed by atoms with van der Waals surface area (Å²) in [5.74, 6) is 0.562. The fraction of sp³-hybridized carbons (Fsp3) is 0.421. The van der Waals surface area contributed by atoms with Crippen molar-refractivity contribution in [3.8, 4) is 11.4 Å². The van der Waals surface area contributed by atoms with Gasteiger partial charge in [-0.3, -0.25) is 19.5 Å². The maximum Gasteiger partial charge on any atom is 0.321 e. The van der Waals surface area contributed by atoms with Crippen LogP contribution >= 0.6 is 11.8 Å². The van der Waals surface area contributed by atoms with Crippen LogP contribution in [0, 0.1) is 0 Å². The molecule has 30 heavy (non-hydrogen) atoms. The van der Waals surface area contributed by atoms with Crippen LogP contribution in [0.25, 0.3) is 5.69 Å². The van der Waals surface area contributed by atoms with Gasteiger partial charge in [-0.05, 0) is 38.1 Å². The molecular weight excluding hydrogens is 410 g/mol. The van der Waals surface area contributed by atoms with Gasteiger partial charge in [-0.15, -0.1) is 10.2 Å². The number of aromatic nitrogens is 3. The normalized spacial score (nSPS) is 17.1. The molecule has 2 aromatic rings. The Balaban J connectivity index is 1.92. The maximum atomic E-state index is 11.9. The van der Waals surface area contributed by atoms with Crippen LogP contribution in [0.4, 0.5) is 4.79 Å². The molecular formula is C19H23N5O5S. The Bertz CT molecular complexity index is 914. The highest BCUT2D eigenvalue weighted by Gasteiger charge is 2.28. The van der Waals surface area contributed by atoms with E-state index in [0.29, 0.717) is 24.0 Å². The largest absolute Gasteiger partial charge is 0.494 e. The highest BCUT2D eigenvalue weighted by molar-refractivity contribution is 8.00. The summed E-state index contributed by atoms with van der Waals surface area (Å²) in [7, 11) is 1.33. The van der Waals surface area contributed by atoms with Crippen LogP contribution in [-0.2, 0) is 20.7 Å². The number of nitrogens with zero attached hydrogens (tertiary/aromatic N) is 3. The Morgan fingerprint density at radius 2 is 2.03 bits per heavy atom. The fourth-order valence-electron chi connectivity index (χ4n) is 3.02. The number of methoxy groups -OCH3 is 1. The molecule has 160 valence electrons. The molecule has 1 fully saturated rings. The van der Waals surface area contributed by atoms with Gasteiger partial charge in [-0.1, -0.05) is 11.8 Å². The molecule has 11 heteroatoms. The topological polar surface area (TPSA) is 124 Å². The van der Waals surface area contributed by atoms with Gasteiger partial charge in [0.05, 0.1) is 13.7 Å². The minimum atomic E-state index is -0.530. The second-order valence-electron chi connectivity index (χ2n) is 6.57. The number of carbonyl (C=O) groups excluding carboxylic acids is 3. The van der Waals surface area contributed by atoms with E-state index in [2.05, 4.69) is 20.8 Å². The second kappa shape index (κ2) is 9.61. The molecule has 1 aromatic carbocycles. The number of ether oxygens (including phenoxy) is 2. The standard InChI is InChI=1S/C19H23N5O5S/c1-4-29-14-7-5-13(6-8-14)24-15(9-12-10-16(25)21-18(27)20-12)22-23-19(24)30-11(2)17(26)28-3/h5-8,11-12H,4,9-10H2,1-3H3,(H2,20,21,25,27). The summed E-state index contributed by atoms with van der Waals surface area (Å²) in [6.45, 7) is 4.18. The van der Waals surface area contributed by atoms with Gasteiger partial charge in [0.25, 0.3) is 0 Å². The quantitative estimate of drug-likeness (QED) is 0.474. The molecule has 0 spiro atoms. The SMILES string of the molecule is CCOc1ccc(-n2c(CC3CC(=O)NC(=O)N3)nnc2SC(C)C(=O)OC)cc1. The smallest absolute Gasteiger partial charge is 0.321 e. The van der Waals surface area contributed by atoms with Gasteiger partial charge in [-0.25, -0.2) is 4.79 Å². The van der Waals surface area contributed by atoms with Crippen molar-refractivity contribution >= 4 is 29.7 Å². The first-order chi connectivity index (χ1) is 14.4. The van der Waals surface area contributed by atoms with Crippen molar-refractivity contribution < 1.29 is 23.9 Å². The van der Waals surface area contributed by atoms with Gasteiger partial charge >= 0.3 is 12.0 Å². The van der Waals surface area contributed by atoms with Crippen LogP contribution in [0.15, 0.2) is 29.4 Å². The van der Waals surface area contributed by atoms with Gasteiger partial charge in [0.1, 0.15) is 16.8 Å². The van der Waals surface area contributed by atoms with Crippen molar-refractivity contribution in [1.29, 1.82) is 0 Å². The molecule has 3 amide bonds. The number of rotatable bonds is 8. The van der Waals surface area contributed by atoms with Crippen molar-refractivity contribution in [3.05, 3.63) is 30.1 Å². The first-order valence-electron chi connectivity index (χ1n) is 9.43. The van der Waals surface area contributed by atoms with Crippen LogP contribution in [0.3, 0.4) is 0 Å². The first kappa shape index (κ1) is 21.6. The third-order valence-electron chi connectivity index (χ3n) is 4.37. The molecule has 3 rings (SSSR count). The van der Waals surface area contributed by atoms with E-state index in [4.69, 9.17) is 9.47 Å². The highest BCUT2D eigenvalue weighted by Crippen LogP contribution is 2.28. The lowest BCUT2D eigenvalue weighted by atomic mass is 10.1. The van der Waals surface area contributed by atoms with Gasteiger partial charge in [0, 0.05) is 24.6 Å².